The van der Waals surface area contributed by atoms with Crippen LogP contribution in [0, 0.1) is 0 Å². The van der Waals surface area contributed by atoms with E-state index in [9.17, 15) is 28.8 Å². The molecule has 304 valence electrons. The Morgan fingerprint density at radius 3 is 2.32 bits per heavy atom. The number of carbonyl (C=O) groups excluding carboxylic acids is 6. The van der Waals surface area contributed by atoms with E-state index >= 15 is 0 Å². The molecule has 2 saturated heterocycles. The summed E-state index contributed by atoms with van der Waals surface area (Å²) in [7, 11) is 0. The van der Waals surface area contributed by atoms with E-state index in [1.807, 2.05) is 6.07 Å². The van der Waals surface area contributed by atoms with Crippen molar-refractivity contribution in [2.24, 2.45) is 0 Å². The topological polar surface area (TPSA) is 191 Å². The predicted octanol–water partition coefficient (Wildman–Crippen LogP) is 2.90. The molecule has 1 aromatic heterocycles. The van der Waals surface area contributed by atoms with Gasteiger partial charge in [0.15, 0.2) is 12.3 Å². The second-order valence-corrected chi connectivity index (χ2v) is 14.6. The number of rotatable bonds is 15. The highest BCUT2D eigenvalue weighted by molar-refractivity contribution is 5.96. The van der Waals surface area contributed by atoms with Gasteiger partial charge >= 0.3 is 12.1 Å². The summed E-state index contributed by atoms with van der Waals surface area (Å²) in [5.74, 6) is -1.93. The number of nitrogens with one attached hydrogen (secondary N) is 2. The van der Waals surface area contributed by atoms with Gasteiger partial charge in [-0.3, -0.25) is 24.0 Å². The quantitative estimate of drug-likeness (QED) is 0.252. The molecule has 6 rings (SSSR count). The Labute approximate surface area is 326 Å². The fourth-order valence-electron chi connectivity index (χ4n) is 7.39. The lowest BCUT2D eigenvalue weighted by molar-refractivity contribution is -0.157. The monoisotopic (exact) mass is 779 g/mol. The number of hydrogen-bond donors (Lipinski definition) is 2. The summed E-state index contributed by atoms with van der Waals surface area (Å²) in [5.41, 5.74) is 0.486. The summed E-state index contributed by atoms with van der Waals surface area (Å²) in [4.78, 5) is 87.2. The Bertz CT molecular complexity index is 1690. The number of esters is 1. The Kier molecular flexibility index (Phi) is 14.2. The zero-order chi connectivity index (χ0) is 39.4. The van der Waals surface area contributed by atoms with E-state index in [1.54, 1.807) is 41.0 Å². The number of benzene rings is 1. The van der Waals surface area contributed by atoms with Gasteiger partial charge in [-0.2, -0.15) is 5.10 Å². The smallest absolute Gasteiger partial charge is 0.467 e. The molecule has 0 unspecified atom stereocenters. The summed E-state index contributed by atoms with van der Waals surface area (Å²) in [6, 6.07) is 8.82. The van der Waals surface area contributed by atoms with E-state index in [1.165, 1.54) is 15.8 Å². The number of amides is 4. The van der Waals surface area contributed by atoms with Crippen molar-refractivity contribution in [3.05, 3.63) is 42.1 Å². The first-order valence-electron chi connectivity index (χ1n) is 20.0. The number of likely N-dealkylation sites (tertiary alicyclic amines) is 1. The van der Waals surface area contributed by atoms with Gasteiger partial charge in [0.05, 0.1) is 25.4 Å². The van der Waals surface area contributed by atoms with Gasteiger partial charge in [-0.05, 0) is 83.3 Å². The van der Waals surface area contributed by atoms with Crippen molar-refractivity contribution in [3.63, 3.8) is 0 Å². The molecule has 17 heteroatoms. The zero-order valence-electron chi connectivity index (χ0n) is 32.0. The van der Waals surface area contributed by atoms with Crippen molar-refractivity contribution < 1.29 is 47.8 Å². The largest absolute Gasteiger partial charge is 0.527 e. The number of nitrogens with zero attached hydrogens (tertiary/aromatic N) is 5. The molecule has 2 N–H and O–H groups in total. The fraction of sp³-hybridized carbons (Fsp3) is 0.615. The van der Waals surface area contributed by atoms with Crippen LogP contribution < -0.4 is 15.4 Å². The highest BCUT2D eigenvalue weighted by Crippen LogP contribution is 2.25. The Morgan fingerprint density at radius 2 is 1.62 bits per heavy atom. The van der Waals surface area contributed by atoms with E-state index in [4.69, 9.17) is 19.0 Å². The SMILES string of the molecule is CCOC(=O)ON1CCN(C(=O)[C@H](CCC(=O)OC2CCCCC2)NC(=O)c2cc(OCC(=O)N3CCC[C@H]3C(=O)NC3CCC3)n(-c3ccccc3)n2)CC1. The van der Waals surface area contributed by atoms with Crippen molar-refractivity contribution in [2.75, 3.05) is 45.9 Å². The van der Waals surface area contributed by atoms with Crippen LogP contribution in [0.1, 0.15) is 94.5 Å². The predicted molar refractivity (Wildman–Crippen MR) is 199 cm³/mol. The third-order valence-corrected chi connectivity index (χ3v) is 10.7. The molecular formula is C39H53N7O10. The molecular weight excluding hydrogens is 726 g/mol. The number of piperazine rings is 1. The van der Waals surface area contributed by atoms with E-state index in [2.05, 4.69) is 15.7 Å². The van der Waals surface area contributed by atoms with E-state index < -0.39 is 36.0 Å². The third kappa shape index (κ3) is 10.8. The maximum absolute atomic E-state index is 13.9. The summed E-state index contributed by atoms with van der Waals surface area (Å²) in [5, 5.41) is 11.7. The van der Waals surface area contributed by atoms with Crippen LogP contribution in [0.3, 0.4) is 0 Å². The second kappa shape index (κ2) is 19.6. The molecule has 56 heavy (non-hydrogen) atoms. The molecule has 2 aliphatic carbocycles. The summed E-state index contributed by atoms with van der Waals surface area (Å²) < 4.78 is 17.9. The molecule has 0 spiro atoms. The lowest BCUT2D eigenvalue weighted by Gasteiger charge is -2.35. The van der Waals surface area contributed by atoms with Gasteiger partial charge in [0.2, 0.25) is 17.7 Å². The van der Waals surface area contributed by atoms with Crippen molar-refractivity contribution in [2.45, 2.75) is 108 Å². The van der Waals surface area contributed by atoms with Crippen LogP contribution in [0.5, 0.6) is 5.88 Å². The van der Waals surface area contributed by atoms with Gasteiger partial charge in [0.25, 0.3) is 11.8 Å². The average Bonchev–Trinajstić information content (AvgIpc) is 3.86. The molecule has 2 saturated carbocycles. The van der Waals surface area contributed by atoms with Gasteiger partial charge < -0.3 is 39.5 Å². The van der Waals surface area contributed by atoms with Crippen molar-refractivity contribution in [1.29, 1.82) is 0 Å². The molecule has 4 aliphatic rings. The van der Waals surface area contributed by atoms with E-state index in [-0.39, 0.29) is 87.8 Å². The van der Waals surface area contributed by atoms with Crippen LogP contribution in [0.2, 0.25) is 0 Å². The minimum absolute atomic E-state index is 0.0156. The lowest BCUT2D eigenvalue weighted by atomic mass is 9.93. The van der Waals surface area contributed by atoms with Crippen LogP contribution in [-0.4, -0.2) is 131 Å². The van der Waals surface area contributed by atoms with Crippen LogP contribution in [0.25, 0.3) is 5.69 Å². The minimum Gasteiger partial charge on any atom is -0.467 e. The van der Waals surface area contributed by atoms with Crippen LogP contribution in [-0.2, 0) is 33.5 Å². The van der Waals surface area contributed by atoms with Crippen molar-refractivity contribution in [3.8, 4) is 11.6 Å². The van der Waals surface area contributed by atoms with Crippen LogP contribution in [0.15, 0.2) is 36.4 Å². The number of hydrogen-bond acceptors (Lipinski definition) is 12. The molecule has 2 atom stereocenters. The van der Waals surface area contributed by atoms with Crippen LogP contribution in [0.4, 0.5) is 4.79 Å². The Balaban J connectivity index is 1.13. The van der Waals surface area contributed by atoms with Crippen LogP contribution >= 0.6 is 0 Å². The molecule has 4 amide bonds. The highest BCUT2D eigenvalue weighted by Gasteiger charge is 2.36. The highest BCUT2D eigenvalue weighted by atomic mass is 16.8. The van der Waals surface area contributed by atoms with E-state index in [0.717, 1.165) is 51.4 Å². The number of hydroxylamine groups is 2. The van der Waals surface area contributed by atoms with Gasteiger partial charge in [-0.1, -0.05) is 24.6 Å². The lowest BCUT2D eigenvalue weighted by Crippen LogP contribution is -2.55. The van der Waals surface area contributed by atoms with Gasteiger partial charge in [0, 0.05) is 38.2 Å². The summed E-state index contributed by atoms with van der Waals surface area (Å²) >= 11 is 0. The molecule has 2 aromatic rings. The van der Waals surface area contributed by atoms with Gasteiger partial charge in [0.1, 0.15) is 18.2 Å². The first-order valence-corrected chi connectivity index (χ1v) is 20.0. The van der Waals surface area contributed by atoms with Gasteiger partial charge in [-0.25, -0.2) is 9.48 Å². The number of para-hydroxylation sites is 1. The number of carbonyl (C=O) groups is 6. The Hall–Kier alpha value is -5.19. The molecule has 4 fully saturated rings. The number of ether oxygens (including phenoxy) is 3. The third-order valence-electron chi connectivity index (χ3n) is 10.7. The molecule has 17 nitrogen and oxygen atoms in total. The second-order valence-electron chi connectivity index (χ2n) is 14.6. The maximum atomic E-state index is 13.9. The fourth-order valence-corrected chi connectivity index (χ4v) is 7.39. The van der Waals surface area contributed by atoms with Gasteiger partial charge in [-0.15, -0.1) is 5.06 Å². The first kappa shape index (κ1) is 40.5. The average molecular weight is 780 g/mol. The molecule has 2 aliphatic heterocycles. The maximum Gasteiger partial charge on any atom is 0.527 e. The number of aromatic nitrogens is 2. The van der Waals surface area contributed by atoms with Crippen molar-refractivity contribution >= 4 is 35.8 Å². The van der Waals surface area contributed by atoms with E-state index in [0.29, 0.717) is 25.1 Å². The molecule has 3 heterocycles. The molecule has 1 aromatic carbocycles. The first-order chi connectivity index (χ1) is 27.2. The summed E-state index contributed by atoms with van der Waals surface area (Å²) in [6.07, 6.45) is 7.86. The summed E-state index contributed by atoms with van der Waals surface area (Å²) in [6.45, 7) is 2.73. The minimum atomic E-state index is -1.11. The normalized spacial score (nSPS) is 19.7. The molecule has 0 bridgehead atoms. The van der Waals surface area contributed by atoms with Crippen molar-refractivity contribution in [1.82, 2.24) is 35.3 Å². The molecule has 0 radical (unpaired) electrons. The Morgan fingerprint density at radius 1 is 0.875 bits per heavy atom. The zero-order valence-corrected chi connectivity index (χ0v) is 32.0. The standard InChI is InChI=1S/C39H53N7O10/c1-2-53-39(52)56-44-23-21-43(22-24-44)38(51)30(18-19-35(48)55-29-15-7-4-8-16-29)41-36(49)31-25-34(46(42-31)28-13-5-3-6-14-28)54-26-33(47)45-20-10-17-32(45)37(50)40-27-11-9-12-27/h3,5-6,13-14,25,27,29-30,32H,2,4,7-12,15-24,26H2,1H3,(H,40,50)(H,41,49)/t30-,32-/m0/s1.